The van der Waals surface area contributed by atoms with Gasteiger partial charge in [0.25, 0.3) is 0 Å². The number of thioether (sulfide) groups is 1. The van der Waals surface area contributed by atoms with Crippen molar-refractivity contribution in [2.45, 2.75) is 43.4 Å². The average molecular weight is 170 g/mol. The fourth-order valence-electron chi connectivity index (χ4n) is 2.02. The predicted molar refractivity (Wildman–Crippen MR) is 50.1 cm³/mol. The first kappa shape index (κ1) is 7.93. The maximum Gasteiger partial charge on any atom is 0.0365 e. The Morgan fingerprint density at radius 2 is 2.09 bits per heavy atom. The van der Waals surface area contributed by atoms with Crippen LogP contribution in [-0.2, 0) is 0 Å². The maximum atomic E-state index is 4.64. The van der Waals surface area contributed by atoms with Gasteiger partial charge < -0.3 is 0 Å². The van der Waals surface area contributed by atoms with Gasteiger partial charge in [0.2, 0.25) is 0 Å². The first-order chi connectivity index (χ1) is 5.47. The van der Waals surface area contributed by atoms with E-state index in [2.05, 4.69) is 17.1 Å². The van der Waals surface area contributed by atoms with Gasteiger partial charge >= 0.3 is 0 Å². The van der Waals surface area contributed by atoms with Crippen LogP contribution in [0.15, 0.2) is 0 Å². The lowest BCUT2D eigenvalue weighted by atomic mass is 10.1. The van der Waals surface area contributed by atoms with Gasteiger partial charge in [-0.2, -0.15) is 11.8 Å². The van der Waals surface area contributed by atoms with Crippen LogP contribution in [0.4, 0.5) is 0 Å². The molecule has 2 heterocycles. The van der Waals surface area contributed by atoms with E-state index in [4.69, 9.17) is 0 Å². The second-order valence-corrected chi connectivity index (χ2v) is 4.87. The maximum absolute atomic E-state index is 4.64. The van der Waals surface area contributed by atoms with Gasteiger partial charge in [0, 0.05) is 17.8 Å². The molecule has 0 aromatic heterocycles. The molecular formula is C9H16NS. The lowest BCUT2D eigenvalue weighted by Gasteiger charge is -2.25. The summed E-state index contributed by atoms with van der Waals surface area (Å²) in [6.45, 7) is 1.14. The lowest BCUT2D eigenvalue weighted by Crippen LogP contribution is -2.29. The van der Waals surface area contributed by atoms with Gasteiger partial charge in [0.15, 0.2) is 0 Å². The quantitative estimate of drug-likeness (QED) is 0.587. The van der Waals surface area contributed by atoms with E-state index < -0.39 is 0 Å². The molecule has 0 aromatic carbocycles. The zero-order valence-corrected chi connectivity index (χ0v) is 7.78. The molecule has 2 atom stereocenters. The van der Waals surface area contributed by atoms with Crippen molar-refractivity contribution in [3.05, 3.63) is 0 Å². The molecule has 1 radical (unpaired) electrons. The number of hydrogen-bond donors (Lipinski definition) is 0. The molecule has 11 heavy (non-hydrogen) atoms. The number of rotatable bonds is 1. The van der Waals surface area contributed by atoms with Crippen LogP contribution in [0.1, 0.15) is 32.1 Å². The van der Waals surface area contributed by atoms with Gasteiger partial charge in [-0.3, -0.25) is 0 Å². The Kier molecular flexibility index (Phi) is 2.75. The molecule has 2 rings (SSSR count). The van der Waals surface area contributed by atoms with Gasteiger partial charge in [-0.1, -0.05) is 6.42 Å². The molecule has 2 aliphatic heterocycles. The normalized spacial score (nSPS) is 39.3. The molecule has 0 N–H and O–H groups in total. The van der Waals surface area contributed by atoms with Crippen LogP contribution in [0.25, 0.3) is 0 Å². The molecule has 1 nitrogen and oxygen atoms in total. The summed E-state index contributed by atoms with van der Waals surface area (Å²) in [5.41, 5.74) is 0. The fraction of sp³-hybridized carbons (Fsp3) is 1.00. The second kappa shape index (κ2) is 3.81. The van der Waals surface area contributed by atoms with Gasteiger partial charge in [-0.15, -0.1) is 0 Å². The Morgan fingerprint density at radius 1 is 1.09 bits per heavy atom. The highest BCUT2D eigenvalue weighted by molar-refractivity contribution is 8.00. The first-order valence-electron chi connectivity index (χ1n) is 4.75. The minimum Gasteiger partial charge on any atom is -0.237 e. The van der Waals surface area contributed by atoms with Crippen molar-refractivity contribution >= 4 is 11.8 Å². The van der Waals surface area contributed by atoms with Crippen LogP contribution in [0, 0.1) is 0 Å². The van der Waals surface area contributed by atoms with Gasteiger partial charge in [-0.25, -0.2) is 5.32 Å². The van der Waals surface area contributed by atoms with Crippen molar-refractivity contribution in [3.8, 4) is 0 Å². The van der Waals surface area contributed by atoms with Crippen LogP contribution in [0.2, 0.25) is 0 Å². The summed E-state index contributed by atoms with van der Waals surface area (Å²) in [4.78, 5) is 0. The molecule has 0 spiro atoms. The predicted octanol–water partition coefficient (Wildman–Crippen LogP) is 2.04. The smallest absolute Gasteiger partial charge is 0.0365 e. The van der Waals surface area contributed by atoms with Crippen LogP contribution in [0.3, 0.4) is 0 Å². The monoisotopic (exact) mass is 170 g/mol. The van der Waals surface area contributed by atoms with E-state index in [1.165, 1.54) is 37.9 Å². The Balaban J connectivity index is 1.82. The number of nitrogens with zero attached hydrogens (tertiary/aromatic N) is 1. The minimum absolute atomic E-state index is 0.736. The highest BCUT2D eigenvalue weighted by Gasteiger charge is 2.27. The molecular weight excluding hydrogens is 154 g/mol. The summed E-state index contributed by atoms with van der Waals surface area (Å²) in [6.07, 6.45) is 7.04. The Hall–Kier alpha value is 0.310. The van der Waals surface area contributed by atoms with E-state index in [1.54, 1.807) is 0 Å². The van der Waals surface area contributed by atoms with Gasteiger partial charge in [0.05, 0.1) is 0 Å². The summed E-state index contributed by atoms with van der Waals surface area (Å²) >= 11 is 2.17. The highest BCUT2D eigenvalue weighted by Crippen LogP contribution is 2.31. The van der Waals surface area contributed by atoms with Gasteiger partial charge in [0.1, 0.15) is 0 Å². The molecule has 2 unspecified atom stereocenters. The second-order valence-electron chi connectivity index (χ2n) is 3.52. The molecule has 0 aromatic rings. The van der Waals surface area contributed by atoms with E-state index in [9.17, 15) is 0 Å². The Labute approximate surface area is 73.3 Å². The molecule has 2 saturated heterocycles. The minimum atomic E-state index is 0.736. The molecule has 0 aliphatic carbocycles. The molecule has 2 aliphatic rings. The van der Waals surface area contributed by atoms with Gasteiger partial charge in [-0.05, 0) is 31.4 Å². The lowest BCUT2D eigenvalue weighted by molar-refractivity contribution is 0.518. The van der Waals surface area contributed by atoms with E-state index >= 15 is 0 Å². The Morgan fingerprint density at radius 3 is 2.73 bits per heavy atom. The zero-order chi connectivity index (χ0) is 7.52. The van der Waals surface area contributed by atoms with E-state index in [1.807, 2.05) is 0 Å². The van der Waals surface area contributed by atoms with Crippen molar-refractivity contribution in [2.75, 3.05) is 12.3 Å². The third kappa shape index (κ3) is 1.91. The molecule has 2 fully saturated rings. The van der Waals surface area contributed by atoms with Crippen molar-refractivity contribution in [2.24, 2.45) is 0 Å². The topological polar surface area (TPSA) is 14.1 Å². The van der Waals surface area contributed by atoms with Crippen LogP contribution >= 0.6 is 11.8 Å². The zero-order valence-electron chi connectivity index (χ0n) is 6.96. The van der Waals surface area contributed by atoms with E-state index in [0.717, 1.165) is 17.8 Å². The molecule has 0 bridgehead atoms. The fourth-order valence-corrected chi connectivity index (χ4v) is 3.47. The van der Waals surface area contributed by atoms with Crippen LogP contribution < -0.4 is 5.32 Å². The number of hydrogen-bond acceptors (Lipinski definition) is 1. The molecule has 0 amide bonds. The SMILES string of the molecule is C1CCC(C2CCC[N]2)SC1. The van der Waals surface area contributed by atoms with E-state index in [0.29, 0.717) is 0 Å². The highest BCUT2D eigenvalue weighted by atomic mass is 32.2. The third-order valence-corrected chi connectivity index (χ3v) is 4.17. The van der Waals surface area contributed by atoms with Crippen LogP contribution in [0.5, 0.6) is 0 Å². The third-order valence-electron chi connectivity index (χ3n) is 2.67. The molecule has 63 valence electrons. The standard InChI is InChI=1S/C9H16NS/c1-2-7-11-9(5-1)8-4-3-6-10-8/h8-9H,1-7H2. The molecule has 0 saturated carbocycles. The average Bonchev–Trinajstić information content (AvgIpc) is 2.58. The summed E-state index contributed by atoms with van der Waals surface area (Å²) < 4.78 is 0. The Bertz CT molecular complexity index is 115. The van der Waals surface area contributed by atoms with Crippen molar-refractivity contribution in [1.29, 1.82) is 0 Å². The van der Waals surface area contributed by atoms with E-state index in [-0.39, 0.29) is 0 Å². The summed E-state index contributed by atoms with van der Waals surface area (Å²) in [6, 6.07) is 0.736. The summed E-state index contributed by atoms with van der Waals surface area (Å²) in [7, 11) is 0. The summed E-state index contributed by atoms with van der Waals surface area (Å²) in [5.74, 6) is 1.39. The first-order valence-corrected chi connectivity index (χ1v) is 5.80. The molecule has 2 heteroatoms. The van der Waals surface area contributed by atoms with Crippen LogP contribution in [-0.4, -0.2) is 23.6 Å². The van der Waals surface area contributed by atoms with Crippen molar-refractivity contribution in [3.63, 3.8) is 0 Å². The van der Waals surface area contributed by atoms with Crippen molar-refractivity contribution < 1.29 is 0 Å². The van der Waals surface area contributed by atoms with Crippen molar-refractivity contribution in [1.82, 2.24) is 5.32 Å². The summed E-state index contributed by atoms with van der Waals surface area (Å²) in [5, 5.41) is 5.53. The largest absolute Gasteiger partial charge is 0.237 e.